The molecule has 1 N–H and O–H groups in total. The summed E-state index contributed by atoms with van der Waals surface area (Å²) in [5.41, 5.74) is 1.11. The minimum atomic E-state index is 0.500. The van der Waals surface area contributed by atoms with Crippen molar-refractivity contribution in [3.05, 3.63) is 23.5 Å². The number of rotatable bonds is 5. The Labute approximate surface area is 108 Å². The Balaban J connectivity index is 1.97. The lowest BCUT2D eigenvalue weighted by atomic mass is 10.1. The van der Waals surface area contributed by atoms with Gasteiger partial charge in [0.2, 0.25) is 0 Å². The highest BCUT2D eigenvalue weighted by Gasteiger charge is 2.11. The van der Waals surface area contributed by atoms with Crippen LogP contribution in [0.15, 0.2) is 17.8 Å². The van der Waals surface area contributed by atoms with E-state index in [1.807, 2.05) is 6.20 Å². The van der Waals surface area contributed by atoms with Gasteiger partial charge in [-0.2, -0.15) is 0 Å². The lowest BCUT2D eigenvalue weighted by molar-refractivity contribution is 0.432. The van der Waals surface area contributed by atoms with Crippen LogP contribution in [0, 0.1) is 5.92 Å². The van der Waals surface area contributed by atoms with Gasteiger partial charge in [-0.3, -0.25) is 4.40 Å². The van der Waals surface area contributed by atoms with Crippen LogP contribution in [-0.4, -0.2) is 20.8 Å². The normalized spacial score (nSPS) is 13.8. The number of aromatic nitrogens is 2. The second kappa shape index (κ2) is 5.29. The maximum Gasteiger partial charge on any atom is 0.193 e. The third kappa shape index (κ3) is 2.64. The van der Waals surface area contributed by atoms with Crippen molar-refractivity contribution in [1.29, 1.82) is 0 Å². The minimum absolute atomic E-state index is 0.500. The maximum atomic E-state index is 4.54. The standard InChI is InChI=1S/C11H16BrN3S/c1-8(2)10(5-12)13-6-9-7-15-3-4-16-11(15)14-9/h3-4,7-8,10,13H,5-6H2,1-2H3. The molecule has 0 bridgehead atoms. The average Bonchev–Trinajstić information content (AvgIpc) is 2.77. The van der Waals surface area contributed by atoms with Gasteiger partial charge in [0.15, 0.2) is 4.96 Å². The van der Waals surface area contributed by atoms with E-state index in [-0.39, 0.29) is 0 Å². The van der Waals surface area contributed by atoms with Gasteiger partial charge in [-0.15, -0.1) is 11.3 Å². The Kier molecular flexibility index (Phi) is 4.00. The Morgan fingerprint density at radius 1 is 1.56 bits per heavy atom. The number of halogens is 1. The third-order valence-electron chi connectivity index (χ3n) is 2.66. The van der Waals surface area contributed by atoms with Crippen molar-refractivity contribution in [2.24, 2.45) is 5.92 Å². The summed E-state index contributed by atoms with van der Waals surface area (Å²) in [5.74, 6) is 0.628. The van der Waals surface area contributed by atoms with E-state index in [0.29, 0.717) is 12.0 Å². The number of fused-ring (bicyclic) bond motifs is 1. The lowest BCUT2D eigenvalue weighted by Crippen LogP contribution is -2.34. The third-order valence-corrected chi connectivity index (χ3v) is 4.13. The number of hydrogen-bond acceptors (Lipinski definition) is 3. The van der Waals surface area contributed by atoms with E-state index in [1.54, 1.807) is 11.3 Å². The molecule has 2 rings (SSSR count). The molecule has 5 heteroatoms. The fourth-order valence-corrected chi connectivity index (χ4v) is 3.26. The number of alkyl halides is 1. The minimum Gasteiger partial charge on any atom is -0.307 e. The largest absolute Gasteiger partial charge is 0.307 e. The van der Waals surface area contributed by atoms with Gasteiger partial charge in [-0.25, -0.2) is 4.98 Å². The van der Waals surface area contributed by atoms with E-state index < -0.39 is 0 Å². The first-order valence-corrected chi connectivity index (χ1v) is 7.41. The van der Waals surface area contributed by atoms with Gasteiger partial charge in [0, 0.05) is 35.7 Å². The highest BCUT2D eigenvalue weighted by atomic mass is 79.9. The molecule has 0 amide bonds. The molecule has 0 aliphatic heterocycles. The number of nitrogens with zero attached hydrogens (tertiary/aromatic N) is 2. The Hall–Kier alpha value is -0.390. The summed E-state index contributed by atoms with van der Waals surface area (Å²) in [6, 6.07) is 0.500. The number of hydrogen-bond donors (Lipinski definition) is 1. The average molecular weight is 302 g/mol. The van der Waals surface area contributed by atoms with Crippen molar-refractivity contribution in [2.45, 2.75) is 26.4 Å². The second-order valence-corrected chi connectivity index (χ2v) is 5.73. The van der Waals surface area contributed by atoms with Crippen LogP contribution in [-0.2, 0) is 6.54 Å². The predicted molar refractivity (Wildman–Crippen MR) is 72.3 cm³/mol. The molecule has 2 aromatic heterocycles. The molecule has 0 saturated heterocycles. The van der Waals surface area contributed by atoms with E-state index in [4.69, 9.17) is 0 Å². The topological polar surface area (TPSA) is 29.3 Å². The SMILES string of the molecule is CC(C)C(CBr)NCc1cn2ccsc2n1. The van der Waals surface area contributed by atoms with Crippen molar-refractivity contribution >= 4 is 32.2 Å². The van der Waals surface area contributed by atoms with E-state index in [2.05, 4.69) is 56.1 Å². The van der Waals surface area contributed by atoms with Crippen LogP contribution in [0.4, 0.5) is 0 Å². The fraction of sp³-hybridized carbons (Fsp3) is 0.545. The van der Waals surface area contributed by atoms with Crippen molar-refractivity contribution in [1.82, 2.24) is 14.7 Å². The number of thiazole rings is 1. The van der Waals surface area contributed by atoms with Gasteiger partial charge in [0.05, 0.1) is 5.69 Å². The first-order valence-electron chi connectivity index (χ1n) is 5.41. The van der Waals surface area contributed by atoms with Gasteiger partial charge in [0.1, 0.15) is 0 Å². The number of nitrogens with one attached hydrogen (secondary N) is 1. The van der Waals surface area contributed by atoms with Crippen LogP contribution in [0.25, 0.3) is 4.96 Å². The van der Waals surface area contributed by atoms with Crippen molar-refractivity contribution in [2.75, 3.05) is 5.33 Å². The molecule has 0 fully saturated rings. The molecule has 1 unspecified atom stereocenters. The molecule has 2 aromatic rings. The summed E-state index contributed by atoms with van der Waals surface area (Å²) in [7, 11) is 0. The zero-order valence-electron chi connectivity index (χ0n) is 9.48. The van der Waals surface area contributed by atoms with Crippen molar-refractivity contribution < 1.29 is 0 Å². The zero-order valence-corrected chi connectivity index (χ0v) is 11.9. The van der Waals surface area contributed by atoms with E-state index >= 15 is 0 Å². The van der Waals surface area contributed by atoms with Gasteiger partial charge in [-0.05, 0) is 5.92 Å². The van der Waals surface area contributed by atoms with Crippen LogP contribution in [0.1, 0.15) is 19.5 Å². The molecule has 1 atom stereocenters. The van der Waals surface area contributed by atoms with E-state index in [1.165, 1.54) is 0 Å². The molecular formula is C11H16BrN3S. The molecule has 2 heterocycles. The van der Waals surface area contributed by atoms with Crippen LogP contribution < -0.4 is 5.32 Å². The molecule has 16 heavy (non-hydrogen) atoms. The van der Waals surface area contributed by atoms with Crippen LogP contribution in [0.2, 0.25) is 0 Å². The molecule has 0 saturated carbocycles. The zero-order chi connectivity index (χ0) is 11.5. The van der Waals surface area contributed by atoms with E-state index in [0.717, 1.165) is 22.5 Å². The number of imidazole rings is 1. The van der Waals surface area contributed by atoms with Crippen LogP contribution in [0.3, 0.4) is 0 Å². The molecule has 0 spiro atoms. The Bertz CT molecular complexity index is 420. The highest BCUT2D eigenvalue weighted by Crippen LogP contribution is 2.12. The maximum absolute atomic E-state index is 4.54. The van der Waals surface area contributed by atoms with Gasteiger partial charge in [-0.1, -0.05) is 29.8 Å². The summed E-state index contributed by atoms with van der Waals surface area (Å²) in [6.45, 7) is 5.29. The van der Waals surface area contributed by atoms with E-state index in [9.17, 15) is 0 Å². The molecule has 0 aliphatic rings. The van der Waals surface area contributed by atoms with Crippen molar-refractivity contribution in [3.63, 3.8) is 0 Å². The first-order chi connectivity index (χ1) is 7.70. The summed E-state index contributed by atoms with van der Waals surface area (Å²) in [6.07, 6.45) is 4.13. The summed E-state index contributed by atoms with van der Waals surface area (Å²) < 4.78 is 2.07. The first kappa shape index (κ1) is 12.1. The quantitative estimate of drug-likeness (QED) is 0.861. The second-order valence-electron chi connectivity index (χ2n) is 4.21. The highest BCUT2D eigenvalue weighted by molar-refractivity contribution is 9.09. The summed E-state index contributed by atoms with van der Waals surface area (Å²) in [4.78, 5) is 5.61. The summed E-state index contributed by atoms with van der Waals surface area (Å²) in [5, 5.41) is 6.55. The molecule has 0 radical (unpaired) electrons. The fourth-order valence-electron chi connectivity index (χ4n) is 1.57. The lowest BCUT2D eigenvalue weighted by Gasteiger charge is -2.19. The molecule has 88 valence electrons. The van der Waals surface area contributed by atoms with Gasteiger partial charge < -0.3 is 5.32 Å². The molecular weight excluding hydrogens is 286 g/mol. The van der Waals surface area contributed by atoms with Crippen LogP contribution >= 0.6 is 27.3 Å². The van der Waals surface area contributed by atoms with Gasteiger partial charge >= 0.3 is 0 Å². The molecule has 3 nitrogen and oxygen atoms in total. The smallest absolute Gasteiger partial charge is 0.193 e. The van der Waals surface area contributed by atoms with Crippen LogP contribution in [0.5, 0.6) is 0 Å². The van der Waals surface area contributed by atoms with Gasteiger partial charge in [0.25, 0.3) is 0 Å². The molecule has 0 aromatic carbocycles. The Morgan fingerprint density at radius 3 is 3.00 bits per heavy atom. The predicted octanol–water partition coefficient (Wildman–Crippen LogP) is 2.90. The monoisotopic (exact) mass is 301 g/mol. The Morgan fingerprint density at radius 2 is 2.38 bits per heavy atom. The molecule has 0 aliphatic carbocycles. The summed E-state index contributed by atoms with van der Waals surface area (Å²) >= 11 is 5.20. The van der Waals surface area contributed by atoms with Crippen molar-refractivity contribution in [3.8, 4) is 0 Å².